The van der Waals surface area contributed by atoms with Crippen LogP contribution in [0.5, 0.6) is 0 Å². The maximum Gasteiger partial charge on any atom is 0.417 e. The Kier molecular flexibility index (Phi) is 9.13. The second kappa shape index (κ2) is 6.69. The van der Waals surface area contributed by atoms with E-state index in [2.05, 4.69) is 4.74 Å². The van der Waals surface area contributed by atoms with Gasteiger partial charge in [-0.25, -0.2) is 9.59 Å². The van der Waals surface area contributed by atoms with Crippen LogP contribution < -0.4 is 0 Å². The predicted octanol–water partition coefficient (Wildman–Crippen LogP) is -0.747. The van der Waals surface area contributed by atoms with E-state index in [-0.39, 0.29) is 58.0 Å². The SMILES string of the molecule is CCOC(=O)C(=O)O.[K]. The Bertz CT molecular complexity index is 111. The molecule has 9 heavy (non-hydrogen) atoms. The van der Waals surface area contributed by atoms with Crippen molar-refractivity contribution in [1.82, 2.24) is 0 Å². The van der Waals surface area contributed by atoms with Crippen molar-refractivity contribution in [3.05, 3.63) is 0 Å². The summed E-state index contributed by atoms with van der Waals surface area (Å²) in [5.41, 5.74) is 0. The van der Waals surface area contributed by atoms with Crippen molar-refractivity contribution in [2.24, 2.45) is 0 Å². The fourth-order valence-electron chi connectivity index (χ4n) is 0.193. The molecule has 0 aliphatic rings. The van der Waals surface area contributed by atoms with Crippen LogP contribution in [-0.4, -0.2) is 75.0 Å². The van der Waals surface area contributed by atoms with Gasteiger partial charge in [0.1, 0.15) is 0 Å². The van der Waals surface area contributed by atoms with Crippen molar-refractivity contribution in [2.45, 2.75) is 6.92 Å². The molecular weight excluding hydrogens is 151 g/mol. The minimum absolute atomic E-state index is 0. The normalized spacial score (nSPS) is 7.22. The number of carboxylic acids is 1. The van der Waals surface area contributed by atoms with Crippen LogP contribution in [0, 0.1) is 0 Å². The Morgan fingerprint density at radius 3 is 2.11 bits per heavy atom. The molecule has 0 bridgehead atoms. The van der Waals surface area contributed by atoms with Crippen molar-refractivity contribution in [3.8, 4) is 0 Å². The molecule has 0 saturated carbocycles. The second-order valence-corrected chi connectivity index (χ2v) is 1.03. The Hall–Kier alpha value is 0.576. The van der Waals surface area contributed by atoms with Gasteiger partial charge in [-0.15, -0.1) is 0 Å². The summed E-state index contributed by atoms with van der Waals surface area (Å²) in [6.45, 7) is 1.64. The molecule has 4 nitrogen and oxygen atoms in total. The third kappa shape index (κ3) is 6.46. The molecule has 0 aliphatic carbocycles. The van der Waals surface area contributed by atoms with Crippen LogP contribution in [0.2, 0.25) is 0 Å². The third-order valence-electron chi connectivity index (χ3n) is 0.450. The zero-order valence-electron chi connectivity index (χ0n) is 5.38. The molecule has 0 unspecified atom stereocenters. The molecule has 0 spiro atoms. The number of hydrogen-bond acceptors (Lipinski definition) is 3. The van der Waals surface area contributed by atoms with Crippen molar-refractivity contribution < 1.29 is 19.4 Å². The van der Waals surface area contributed by atoms with Crippen LogP contribution >= 0.6 is 0 Å². The Morgan fingerprint density at radius 2 is 2.00 bits per heavy atom. The van der Waals surface area contributed by atoms with Crippen LogP contribution in [0.4, 0.5) is 0 Å². The van der Waals surface area contributed by atoms with E-state index in [0.717, 1.165) is 0 Å². The number of hydrogen-bond donors (Lipinski definition) is 1. The molecule has 0 aromatic rings. The smallest absolute Gasteiger partial charge is 0.417 e. The molecule has 0 heterocycles. The molecule has 0 aliphatic heterocycles. The van der Waals surface area contributed by atoms with Gasteiger partial charge in [0, 0.05) is 51.4 Å². The molecule has 0 aromatic heterocycles. The van der Waals surface area contributed by atoms with E-state index >= 15 is 0 Å². The first-order valence-electron chi connectivity index (χ1n) is 2.08. The first-order chi connectivity index (χ1) is 3.68. The molecule has 0 amide bonds. The number of carbonyl (C=O) groups is 2. The second-order valence-electron chi connectivity index (χ2n) is 1.03. The minimum atomic E-state index is -1.55. The molecule has 1 N–H and O–H groups in total. The standard InChI is InChI=1S/C4H6O4.K/c1-2-8-4(7)3(5)6;/h2H2,1H3,(H,5,6);. The van der Waals surface area contributed by atoms with E-state index in [1.807, 2.05) is 0 Å². The van der Waals surface area contributed by atoms with E-state index in [9.17, 15) is 9.59 Å². The first-order valence-corrected chi connectivity index (χ1v) is 2.08. The van der Waals surface area contributed by atoms with E-state index in [4.69, 9.17) is 5.11 Å². The topological polar surface area (TPSA) is 63.6 Å². The third-order valence-corrected chi connectivity index (χ3v) is 0.450. The van der Waals surface area contributed by atoms with Crippen LogP contribution in [0.1, 0.15) is 6.92 Å². The van der Waals surface area contributed by atoms with Crippen LogP contribution in [0.15, 0.2) is 0 Å². The predicted molar refractivity (Wildman–Crippen MR) is 30.0 cm³/mol. The van der Waals surface area contributed by atoms with Gasteiger partial charge >= 0.3 is 11.9 Å². The van der Waals surface area contributed by atoms with Gasteiger partial charge in [0.05, 0.1) is 6.61 Å². The first kappa shape index (κ1) is 12.3. The monoisotopic (exact) mass is 157 g/mol. The molecule has 0 atom stereocenters. The van der Waals surface area contributed by atoms with Gasteiger partial charge in [0.15, 0.2) is 0 Å². The average Bonchev–Trinajstić information content (AvgIpc) is 1.67. The van der Waals surface area contributed by atoms with Gasteiger partial charge in [-0.2, -0.15) is 0 Å². The van der Waals surface area contributed by atoms with Crippen LogP contribution in [-0.2, 0) is 14.3 Å². The van der Waals surface area contributed by atoms with E-state index < -0.39 is 11.9 Å². The zero-order chi connectivity index (χ0) is 6.57. The summed E-state index contributed by atoms with van der Waals surface area (Å²) in [5.74, 6) is -2.75. The van der Waals surface area contributed by atoms with Crippen molar-refractivity contribution in [1.29, 1.82) is 0 Å². The van der Waals surface area contributed by atoms with E-state index in [1.165, 1.54) is 0 Å². The van der Waals surface area contributed by atoms with Gasteiger partial charge in [-0.05, 0) is 6.92 Å². The fourth-order valence-corrected chi connectivity index (χ4v) is 0.193. The van der Waals surface area contributed by atoms with Gasteiger partial charge in [0.25, 0.3) is 0 Å². The van der Waals surface area contributed by atoms with Gasteiger partial charge in [-0.1, -0.05) is 0 Å². The summed E-state index contributed by atoms with van der Waals surface area (Å²) < 4.78 is 4.06. The number of carboxylic acid groups (broad SMARTS) is 1. The van der Waals surface area contributed by atoms with Gasteiger partial charge < -0.3 is 9.84 Å². The van der Waals surface area contributed by atoms with E-state index in [1.54, 1.807) is 6.92 Å². The Labute approximate surface area is 95.0 Å². The average molecular weight is 157 g/mol. The largest absolute Gasteiger partial charge is 0.473 e. The summed E-state index contributed by atoms with van der Waals surface area (Å²) in [7, 11) is 0. The quantitative estimate of drug-likeness (QED) is 0.309. The molecule has 47 valence electrons. The van der Waals surface area contributed by atoms with Crippen molar-refractivity contribution in [3.63, 3.8) is 0 Å². The maximum absolute atomic E-state index is 9.92. The molecule has 0 fully saturated rings. The maximum atomic E-state index is 9.92. The van der Waals surface area contributed by atoms with Gasteiger partial charge in [-0.3, -0.25) is 0 Å². The number of carbonyl (C=O) groups excluding carboxylic acids is 1. The Balaban J connectivity index is 0. The van der Waals surface area contributed by atoms with E-state index in [0.29, 0.717) is 0 Å². The van der Waals surface area contributed by atoms with Gasteiger partial charge in [0.2, 0.25) is 0 Å². The Morgan fingerprint density at radius 1 is 1.56 bits per heavy atom. The number of ether oxygens (including phenoxy) is 1. The molecule has 1 radical (unpaired) electrons. The molecule has 0 rings (SSSR count). The number of aliphatic carboxylic acids is 1. The number of esters is 1. The summed E-state index contributed by atoms with van der Waals surface area (Å²) in [5, 5.41) is 7.84. The zero-order valence-corrected chi connectivity index (χ0v) is 8.50. The van der Waals surface area contributed by atoms with Crippen LogP contribution in [0.25, 0.3) is 0 Å². The van der Waals surface area contributed by atoms with Crippen molar-refractivity contribution >= 4 is 63.3 Å². The summed E-state index contributed by atoms with van der Waals surface area (Å²) >= 11 is 0. The fraction of sp³-hybridized carbons (Fsp3) is 0.500. The molecule has 0 saturated heterocycles. The van der Waals surface area contributed by atoms with Crippen molar-refractivity contribution in [2.75, 3.05) is 6.61 Å². The number of rotatable bonds is 1. The summed E-state index contributed by atoms with van der Waals surface area (Å²) in [4.78, 5) is 19.5. The minimum Gasteiger partial charge on any atom is -0.473 e. The summed E-state index contributed by atoms with van der Waals surface area (Å²) in [6.07, 6.45) is 0. The van der Waals surface area contributed by atoms with Crippen LogP contribution in [0.3, 0.4) is 0 Å². The molecular formula is C4H6KO4. The molecule has 0 aromatic carbocycles. The molecule has 5 heteroatoms. The summed E-state index contributed by atoms with van der Waals surface area (Å²) in [6, 6.07) is 0.